The number of hydrogen-bond acceptors (Lipinski definition) is 3. The van der Waals surface area contributed by atoms with Crippen molar-refractivity contribution < 1.29 is 5.11 Å². The third kappa shape index (κ3) is 6.84. The van der Waals surface area contributed by atoms with Gasteiger partial charge in [-0.25, -0.2) is 0 Å². The van der Waals surface area contributed by atoms with E-state index in [0.29, 0.717) is 5.75 Å². The van der Waals surface area contributed by atoms with Crippen LogP contribution in [0.3, 0.4) is 0 Å². The summed E-state index contributed by atoms with van der Waals surface area (Å²) in [6.45, 7) is 4.34. The molecule has 7 heteroatoms. The van der Waals surface area contributed by atoms with E-state index in [2.05, 4.69) is 75.1 Å². The summed E-state index contributed by atoms with van der Waals surface area (Å²) in [7, 11) is 4.30. The number of halogens is 4. The molecule has 1 aromatic rings. The van der Waals surface area contributed by atoms with E-state index in [4.69, 9.17) is 0 Å². The Labute approximate surface area is 173 Å². The van der Waals surface area contributed by atoms with Gasteiger partial charge in [0.25, 0.3) is 0 Å². The summed E-state index contributed by atoms with van der Waals surface area (Å²) < 4.78 is 2.15. The van der Waals surface area contributed by atoms with Gasteiger partial charge in [0, 0.05) is 22.2 Å². The molecule has 0 aliphatic carbocycles. The van der Waals surface area contributed by atoms with Crippen molar-refractivity contribution in [3.05, 3.63) is 24.8 Å². The molecule has 0 radical (unpaired) electrons. The van der Waals surface area contributed by atoms with Crippen molar-refractivity contribution in [3.8, 4) is 5.75 Å². The van der Waals surface area contributed by atoms with Crippen LogP contribution in [0.1, 0.15) is 18.4 Å². The Morgan fingerprint density at radius 2 is 1.77 bits per heavy atom. The average molecular weight is 573 g/mol. The van der Waals surface area contributed by atoms with Gasteiger partial charge < -0.3 is 10.0 Å². The second kappa shape index (κ2) is 10.8. The highest BCUT2D eigenvalue weighted by molar-refractivity contribution is 14.1. The maximum absolute atomic E-state index is 10.2. The molecule has 1 saturated heterocycles. The average Bonchev–Trinajstić information content (AvgIpc) is 2.37. The highest BCUT2D eigenvalue weighted by Gasteiger charge is 2.20. The minimum atomic E-state index is 0. The molecule has 0 bridgehead atoms. The first kappa shape index (κ1) is 23.0. The van der Waals surface area contributed by atoms with Gasteiger partial charge in [0.1, 0.15) is 5.75 Å². The van der Waals surface area contributed by atoms with Crippen LogP contribution in [0.25, 0.3) is 0 Å². The van der Waals surface area contributed by atoms with Crippen LogP contribution in [0.15, 0.2) is 12.1 Å². The van der Waals surface area contributed by atoms with Crippen molar-refractivity contribution >= 4 is 70.0 Å². The maximum Gasteiger partial charge on any atom is 0.133 e. The van der Waals surface area contributed by atoms with Crippen LogP contribution in [0.5, 0.6) is 5.75 Å². The molecule has 22 heavy (non-hydrogen) atoms. The Morgan fingerprint density at radius 3 is 2.32 bits per heavy atom. The van der Waals surface area contributed by atoms with Crippen LogP contribution in [-0.4, -0.2) is 48.6 Å². The molecule has 1 heterocycles. The van der Waals surface area contributed by atoms with E-state index in [9.17, 15) is 5.11 Å². The first-order valence-corrected chi connectivity index (χ1v) is 9.15. The van der Waals surface area contributed by atoms with Crippen LogP contribution >= 0.6 is 70.0 Å². The van der Waals surface area contributed by atoms with Crippen molar-refractivity contribution in [1.29, 1.82) is 0 Å². The molecule has 1 aliphatic rings. The first-order chi connectivity index (χ1) is 9.45. The van der Waals surface area contributed by atoms with Gasteiger partial charge in [-0.15, -0.1) is 24.8 Å². The molecule has 0 unspecified atom stereocenters. The number of piperidine rings is 1. The highest BCUT2D eigenvalue weighted by Crippen LogP contribution is 2.29. The second-order valence-corrected chi connectivity index (χ2v) is 8.28. The van der Waals surface area contributed by atoms with Crippen molar-refractivity contribution in [2.75, 3.05) is 33.7 Å². The molecule has 0 saturated carbocycles. The molecular weight excluding hydrogens is 549 g/mol. The molecule has 0 spiro atoms. The van der Waals surface area contributed by atoms with E-state index < -0.39 is 0 Å². The third-order valence-electron chi connectivity index (χ3n) is 3.83. The summed E-state index contributed by atoms with van der Waals surface area (Å²) in [6.07, 6.45) is 2.53. The predicted octanol–water partition coefficient (Wildman–Crippen LogP) is 4.22. The number of nitrogens with zero attached hydrogens (tertiary/aromatic N) is 2. The lowest BCUT2D eigenvalue weighted by molar-refractivity contribution is 0.156. The third-order valence-corrected chi connectivity index (χ3v) is 5.28. The van der Waals surface area contributed by atoms with Crippen molar-refractivity contribution in [2.45, 2.75) is 19.4 Å². The zero-order valence-corrected chi connectivity index (χ0v) is 18.8. The lowest BCUT2D eigenvalue weighted by Gasteiger charge is -2.33. The fraction of sp³-hybridized carbons (Fsp3) is 0.600. The smallest absolute Gasteiger partial charge is 0.133 e. The van der Waals surface area contributed by atoms with Gasteiger partial charge in [-0.2, -0.15) is 0 Å². The standard InChI is InChI=1S/C15H22I2N2O.2ClH/c1-18(2)9-11-3-5-19(6-4-11)10-12-7-13(16)8-14(17)15(12)20;;/h7-8,11,20H,3-6,9-10H2,1-2H3;2*1H. The summed E-state index contributed by atoms with van der Waals surface area (Å²) in [5.41, 5.74) is 1.06. The summed E-state index contributed by atoms with van der Waals surface area (Å²) in [6, 6.07) is 4.12. The van der Waals surface area contributed by atoms with Crippen LogP contribution in [0, 0.1) is 13.1 Å². The van der Waals surface area contributed by atoms with Crippen LogP contribution in [0.2, 0.25) is 0 Å². The van der Waals surface area contributed by atoms with Crippen molar-refractivity contribution in [1.82, 2.24) is 9.80 Å². The van der Waals surface area contributed by atoms with E-state index in [1.165, 1.54) is 23.0 Å². The monoisotopic (exact) mass is 572 g/mol. The number of benzene rings is 1. The normalized spacial score (nSPS) is 16.2. The van der Waals surface area contributed by atoms with Crippen molar-refractivity contribution in [2.24, 2.45) is 5.92 Å². The summed E-state index contributed by atoms with van der Waals surface area (Å²) in [5.74, 6) is 1.28. The van der Waals surface area contributed by atoms with E-state index in [0.717, 1.165) is 34.7 Å². The molecule has 128 valence electrons. The Kier molecular flexibility index (Phi) is 11.2. The van der Waals surface area contributed by atoms with Gasteiger partial charge in [-0.1, -0.05) is 0 Å². The molecule has 1 aliphatic heterocycles. The van der Waals surface area contributed by atoms with E-state index in [1.807, 2.05) is 6.07 Å². The Balaban J connectivity index is 0.00000220. The fourth-order valence-corrected chi connectivity index (χ4v) is 4.79. The summed E-state index contributed by atoms with van der Waals surface area (Å²) >= 11 is 4.53. The zero-order chi connectivity index (χ0) is 14.7. The minimum absolute atomic E-state index is 0. The van der Waals surface area contributed by atoms with E-state index in [-0.39, 0.29) is 24.8 Å². The van der Waals surface area contributed by atoms with Gasteiger partial charge in [0.15, 0.2) is 0 Å². The van der Waals surface area contributed by atoms with E-state index >= 15 is 0 Å². The Hall–Kier alpha value is 0.980. The predicted molar refractivity (Wildman–Crippen MR) is 115 cm³/mol. The molecule has 2 rings (SSSR count). The Morgan fingerprint density at radius 1 is 1.18 bits per heavy atom. The van der Waals surface area contributed by atoms with Crippen LogP contribution in [-0.2, 0) is 6.54 Å². The number of rotatable bonds is 4. The second-order valence-electron chi connectivity index (χ2n) is 5.88. The van der Waals surface area contributed by atoms with Crippen molar-refractivity contribution in [3.63, 3.8) is 0 Å². The van der Waals surface area contributed by atoms with Crippen LogP contribution < -0.4 is 0 Å². The van der Waals surface area contributed by atoms with Gasteiger partial charge in [-0.3, -0.25) is 4.90 Å². The number of likely N-dealkylation sites (tertiary alicyclic amines) is 1. The highest BCUT2D eigenvalue weighted by atomic mass is 127. The summed E-state index contributed by atoms with van der Waals surface area (Å²) in [4.78, 5) is 4.75. The molecule has 0 amide bonds. The zero-order valence-electron chi connectivity index (χ0n) is 12.9. The summed E-state index contributed by atoms with van der Waals surface area (Å²) in [5, 5.41) is 10.2. The molecule has 0 atom stereocenters. The van der Waals surface area contributed by atoms with E-state index in [1.54, 1.807) is 0 Å². The van der Waals surface area contributed by atoms with Crippen LogP contribution in [0.4, 0.5) is 0 Å². The number of phenols is 1. The molecule has 0 aromatic heterocycles. The number of phenolic OH excluding ortho intramolecular Hbond substituents is 1. The topological polar surface area (TPSA) is 26.7 Å². The molecule has 1 aromatic carbocycles. The quantitative estimate of drug-likeness (QED) is 0.548. The lowest BCUT2D eigenvalue weighted by atomic mass is 9.96. The van der Waals surface area contributed by atoms with Gasteiger partial charge in [-0.05, 0) is 103 Å². The fourth-order valence-electron chi connectivity index (χ4n) is 2.82. The molecule has 1 fully saturated rings. The number of aromatic hydroxyl groups is 1. The SMILES string of the molecule is CN(C)CC1CCN(Cc2cc(I)cc(I)c2O)CC1.Cl.Cl. The van der Waals surface area contributed by atoms with Gasteiger partial charge in [0.05, 0.1) is 3.57 Å². The first-order valence-electron chi connectivity index (χ1n) is 6.99. The molecule has 3 nitrogen and oxygen atoms in total. The largest absolute Gasteiger partial charge is 0.507 e. The van der Waals surface area contributed by atoms with Gasteiger partial charge in [0.2, 0.25) is 0 Å². The maximum atomic E-state index is 10.2. The molecule has 1 N–H and O–H groups in total. The minimum Gasteiger partial charge on any atom is -0.507 e. The lowest BCUT2D eigenvalue weighted by Crippen LogP contribution is -2.36. The Bertz CT molecular complexity index is 467. The molecular formula is C15H24Cl2I2N2O. The number of hydrogen-bond donors (Lipinski definition) is 1. The van der Waals surface area contributed by atoms with Gasteiger partial charge >= 0.3 is 0 Å².